The van der Waals surface area contributed by atoms with Gasteiger partial charge in [0.1, 0.15) is 5.75 Å². The molecule has 1 atom stereocenters. The number of amides is 1. The van der Waals surface area contributed by atoms with Gasteiger partial charge in [-0.1, -0.05) is 60.1 Å². The monoisotopic (exact) mass is 471 g/mol. The molecular weight excluding hydrogens is 446 g/mol. The van der Waals surface area contributed by atoms with Crippen molar-refractivity contribution in [3.8, 4) is 5.75 Å². The molecule has 168 valence electrons. The van der Waals surface area contributed by atoms with Gasteiger partial charge in [-0.25, -0.2) is 8.42 Å². The molecule has 0 aliphatic carbocycles. The fourth-order valence-electron chi connectivity index (χ4n) is 3.59. The van der Waals surface area contributed by atoms with Crippen molar-refractivity contribution in [2.75, 3.05) is 13.4 Å². The normalized spacial score (nSPS) is 12.2. The first kappa shape index (κ1) is 23.8. The van der Waals surface area contributed by atoms with E-state index in [9.17, 15) is 13.2 Å². The third-order valence-electron chi connectivity index (χ3n) is 5.27. The summed E-state index contributed by atoms with van der Waals surface area (Å²) in [4.78, 5) is 15.3. The number of sulfone groups is 1. The first-order chi connectivity index (χ1) is 15.2. The van der Waals surface area contributed by atoms with Gasteiger partial charge in [-0.3, -0.25) is 4.79 Å². The van der Waals surface area contributed by atoms with Crippen LogP contribution in [0.4, 0.5) is 0 Å². The Morgan fingerprint density at radius 2 is 1.69 bits per heavy atom. The molecule has 3 aromatic carbocycles. The van der Waals surface area contributed by atoms with Crippen molar-refractivity contribution in [1.82, 2.24) is 4.90 Å². The summed E-state index contributed by atoms with van der Waals surface area (Å²) in [5.74, 6) is 0.495. The van der Waals surface area contributed by atoms with Crippen LogP contribution in [0.2, 0.25) is 5.02 Å². The predicted octanol–water partition coefficient (Wildman–Crippen LogP) is 5.03. The van der Waals surface area contributed by atoms with Crippen LogP contribution >= 0.6 is 11.6 Å². The van der Waals surface area contributed by atoms with E-state index in [0.29, 0.717) is 13.0 Å². The molecule has 0 radical (unpaired) electrons. The van der Waals surface area contributed by atoms with Crippen molar-refractivity contribution < 1.29 is 17.9 Å². The number of ether oxygens (including phenoxy) is 1. The predicted molar refractivity (Wildman–Crippen MR) is 127 cm³/mol. The molecule has 3 aromatic rings. The summed E-state index contributed by atoms with van der Waals surface area (Å²) >= 11 is 6.08. The molecule has 0 saturated carbocycles. The van der Waals surface area contributed by atoms with Crippen LogP contribution in [0.1, 0.15) is 28.4 Å². The third-order valence-corrected chi connectivity index (χ3v) is 6.85. The number of nitrogens with zero attached hydrogens (tertiary/aromatic N) is 1. The number of methoxy groups -OCH3 is 1. The van der Waals surface area contributed by atoms with Crippen LogP contribution in [-0.4, -0.2) is 38.6 Å². The smallest absolute Gasteiger partial charge is 0.254 e. The average Bonchev–Trinajstić information content (AvgIpc) is 2.77. The molecule has 0 aliphatic rings. The van der Waals surface area contributed by atoms with E-state index in [2.05, 4.69) is 0 Å². The van der Waals surface area contributed by atoms with Crippen molar-refractivity contribution in [1.29, 1.82) is 0 Å². The van der Waals surface area contributed by atoms with Gasteiger partial charge < -0.3 is 9.64 Å². The van der Waals surface area contributed by atoms with Crippen molar-refractivity contribution >= 4 is 27.3 Å². The number of hydrogen-bond donors (Lipinski definition) is 0. The molecule has 0 bridgehead atoms. The van der Waals surface area contributed by atoms with Crippen LogP contribution in [0.3, 0.4) is 0 Å². The molecule has 0 aliphatic heterocycles. The van der Waals surface area contributed by atoms with Crippen molar-refractivity contribution in [3.63, 3.8) is 0 Å². The van der Waals surface area contributed by atoms with Gasteiger partial charge in [0.25, 0.3) is 5.91 Å². The Labute approximate surface area is 194 Å². The molecule has 0 fully saturated rings. The van der Waals surface area contributed by atoms with Crippen LogP contribution in [-0.2, 0) is 22.8 Å². The summed E-state index contributed by atoms with van der Waals surface area (Å²) < 4.78 is 29.7. The minimum atomic E-state index is -3.57. The van der Waals surface area contributed by atoms with Gasteiger partial charge in [-0.15, -0.1) is 0 Å². The summed E-state index contributed by atoms with van der Waals surface area (Å²) in [6.07, 6.45) is 1.66. The van der Waals surface area contributed by atoms with E-state index >= 15 is 0 Å². The zero-order valence-corrected chi connectivity index (χ0v) is 19.9. The molecule has 32 heavy (non-hydrogen) atoms. The van der Waals surface area contributed by atoms with Crippen LogP contribution in [0.15, 0.2) is 77.7 Å². The molecular formula is C25H26ClNO4S. The molecule has 1 amide bonds. The highest BCUT2D eigenvalue weighted by atomic mass is 35.5. The highest BCUT2D eigenvalue weighted by molar-refractivity contribution is 7.90. The number of benzene rings is 3. The standard InChI is InChI=1S/C25H26ClNO4S/c1-18(15-20-11-7-8-12-23(20)31-2)27(17-19-9-5-4-6-10-19)25(28)21-13-14-22(26)24(16-21)32(3,29)30/h4-14,16,18H,15,17H2,1-3H3. The van der Waals surface area contributed by atoms with Crippen LogP contribution in [0.25, 0.3) is 0 Å². The minimum Gasteiger partial charge on any atom is -0.496 e. The topological polar surface area (TPSA) is 63.7 Å². The Bertz CT molecular complexity index is 1200. The fourth-order valence-corrected chi connectivity index (χ4v) is 4.90. The largest absolute Gasteiger partial charge is 0.496 e. The fraction of sp³-hybridized carbons (Fsp3) is 0.240. The summed E-state index contributed by atoms with van der Waals surface area (Å²) in [5, 5.41) is 0.0979. The molecule has 0 aromatic heterocycles. The van der Waals surface area contributed by atoms with E-state index < -0.39 is 9.84 Å². The minimum absolute atomic E-state index is 0.0536. The number of hydrogen-bond acceptors (Lipinski definition) is 4. The zero-order chi connectivity index (χ0) is 23.3. The molecule has 5 nitrogen and oxygen atoms in total. The quantitative estimate of drug-likeness (QED) is 0.462. The van der Waals surface area contributed by atoms with E-state index in [1.54, 1.807) is 18.1 Å². The van der Waals surface area contributed by atoms with Gasteiger partial charge in [0.2, 0.25) is 0 Å². The molecule has 0 N–H and O–H groups in total. The van der Waals surface area contributed by atoms with E-state index in [1.165, 1.54) is 12.1 Å². The Kier molecular flexibility index (Phi) is 7.59. The van der Waals surface area contributed by atoms with E-state index in [1.807, 2.05) is 61.5 Å². The number of halogens is 1. The van der Waals surface area contributed by atoms with Crippen molar-refractivity contribution in [3.05, 3.63) is 94.5 Å². The molecule has 7 heteroatoms. The number of rotatable bonds is 8. The lowest BCUT2D eigenvalue weighted by molar-refractivity contribution is 0.0674. The van der Waals surface area contributed by atoms with Crippen molar-refractivity contribution in [2.45, 2.75) is 30.8 Å². The summed E-state index contributed by atoms with van der Waals surface area (Å²) in [5.41, 5.74) is 2.24. The molecule has 0 saturated heterocycles. The van der Waals surface area contributed by atoms with Gasteiger partial charge in [0.15, 0.2) is 9.84 Å². The Morgan fingerprint density at radius 3 is 2.34 bits per heavy atom. The lowest BCUT2D eigenvalue weighted by Crippen LogP contribution is -2.39. The van der Waals surface area contributed by atoms with Crippen LogP contribution in [0.5, 0.6) is 5.75 Å². The van der Waals surface area contributed by atoms with E-state index in [0.717, 1.165) is 23.1 Å². The molecule has 3 rings (SSSR count). The maximum absolute atomic E-state index is 13.6. The van der Waals surface area contributed by atoms with E-state index in [-0.39, 0.29) is 27.4 Å². The second kappa shape index (κ2) is 10.2. The molecule has 1 unspecified atom stereocenters. The lowest BCUT2D eigenvalue weighted by Gasteiger charge is -2.30. The SMILES string of the molecule is COc1ccccc1CC(C)N(Cc1ccccc1)C(=O)c1ccc(Cl)c(S(C)(=O)=O)c1. The van der Waals surface area contributed by atoms with E-state index in [4.69, 9.17) is 16.3 Å². The van der Waals surface area contributed by atoms with Gasteiger partial charge in [0.05, 0.1) is 17.0 Å². The van der Waals surface area contributed by atoms with Gasteiger partial charge >= 0.3 is 0 Å². The average molecular weight is 472 g/mol. The highest BCUT2D eigenvalue weighted by Crippen LogP contribution is 2.26. The Hall–Kier alpha value is -2.83. The highest BCUT2D eigenvalue weighted by Gasteiger charge is 2.25. The first-order valence-corrected chi connectivity index (χ1v) is 12.4. The number of para-hydroxylation sites is 1. The maximum Gasteiger partial charge on any atom is 0.254 e. The number of carbonyl (C=O) groups excluding carboxylic acids is 1. The maximum atomic E-state index is 13.6. The van der Waals surface area contributed by atoms with Gasteiger partial charge in [-0.2, -0.15) is 0 Å². The summed E-state index contributed by atoms with van der Waals surface area (Å²) in [6, 6.07) is 21.6. The van der Waals surface area contributed by atoms with Gasteiger partial charge in [0, 0.05) is 24.4 Å². The molecule has 0 heterocycles. The Balaban J connectivity index is 1.98. The zero-order valence-electron chi connectivity index (χ0n) is 18.3. The first-order valence-electron chi connectivity index (χ1n) is 10.2. The lowest BCUT2D eigenvalue weighted by atomic mass is 10.0. The summed E-state index contributed by atoms with van der Waals surface area (Å²) in [7, 11) is -1.95. The number of carbonyl (C=O) groups is 1. The molecule has 0 spiro atoms. The third kappa shape index (κ3) is 5.69. The van der Waals surface area contributed by atoms with Crippen molar-refractivity contribution in [2.24, 2.45) is 0 Å². The Morgan fingerprint density at radius 1 is 1.03 bits per heavy atom. The second-order valence-corrected chi connectivity index (χ2v) is 10.1. The van der Waals surface area contributed by atoms with Gasteiger partial charge in [-0.05, 0) is 48.7 Å². The summed E-state index contributed by atoms with van der Waals surface area (Å²) in [6.45, 7) is 2.35. The van der Waals surface area contributed by atoms with Crippen LogP contribution < -0.4 is 4.74 Å². The van der Waals surface area contributed by atoms with Crippen LogP contribution in [0, 0.1) is 0 Å². The second-order valence-electron chi connectivity index (χ2n) is 7.70.